The molecule has 1 N–H and O–H groups in total. The van der Waals surface area contributed by atoms with Crippen molar-refractivity contribution < 1.29 is 0 Å². The summed E-state index contributed by atoms with van der Waals surface area (Å²) in [6.45, 7) is 1.82. The van der Waals surface area contributed by atoms with E-state index in [0.29, 0.717) is 9.39 Å². The molecule has 0 aliphatic rings. The molecule has 0 bridgehead atoms. The van der Waals surface area contributed by atoms with Crippen LogP contribution in [0.1, 0.15) is 5.69 Å². The molecule has 5 nitrogen and oxygen atoms in total. The lowest BCUT2D eigenvalue weighted by Crippen LogP contribution is -2.14. The van der Waals surface area contributed by atoms with Gasteiger partial charge in [-0.3, -0.25) is 9.48 Å². The van der Waals surface area contributed by atoms with Gasteiger partial charge in [-0.05, 0) is 29.5 Å². The Kier molecular flexibility index (Phi) is 2.59. The van der Waals surface area contributed by atoms with Gasteiger partial charge >= 0.3 is 0 Å². The van der Waals surface area contributed by atoms with Crippen LogP contribution >= 0.6 is 22.6 Å². The lowest BCUT2D eigenvalue weighted by atomic mass is 10.3. The molecule has 0 radical (unpaired) electrons. The van der Waals surface area contributed by atoms with E-state index in [4.69, 9.17) is 0 Å². The fourth-order valence-electron chi connectivity index (χ4n) is 1.25. The maximum absolute atomic E-state index is 11.5. The normalized spacial score (nSPS) is 10.6. The molecule has 0 atom stereocenters. The Morgan fingerprint density at radius 1 is 1.53 bits per heavy atom. The Morgan fingerprint density at radius 2 is 2.27 bits per heavy atom. The molecule has 2 aromatic rings. The van der Waals surface area contributed by atoms with Crippen molar-refractivity contribution in [3.05, 3.63) is 32.0 Å². The van der Waals surface area contributed by atoms with E-state index in [1.165, 1.54) is 0 Å². The van der Waals surface area contributed by atoms with Crippen LogP contribution in [0.3, 0.4) is 0 Å². The summed E-state index contributed by atoms with van der Waals surface area (Å²) in [6.07, 6.45) is 3.48. The number of aromatic amines is 1. The summed E-state index contributed by atoms with van der Waals surface area (Å²) in [5, 5.41) is 4.03. The van der Waals surface area contributed by atoms with Crippen LogP contribution in [0.5, 0.6) is 0 Å². The van der Waals surface area contributed by atoms with Gasteiger partial charge in [0.2, 0.25) is 0 Å². The van der Waals surface area contributed by atoms with Crippen LogP contribution in [0.15, 0.2) is 17.2 Å². The number of nitrogens with one attached hydrogen (secondary N) is 1. The highest BCUT2D eigenvalue weighted by molar-refractivity contribution is 14.1. The molecule has 2 rings (SSSR count). The minimum Gasteiger partial charge on any atom is -0.306 e. The number of halogens is 1. The van der Waals surface area contributed by atoms with Gasteiger partial charge < -0.3 is 4.98 Å². The number of aryl methyl sites for hydroxylation is 2. The first kappa shape index (κ1) is 10.3. The van der Waals surface area contributed by atoms with Crippen molar-refractivity contribution >= 4 is 22.6 Å². The average molecular weight is 316 g/mol. The molecular formula is C9H9IN4O. The first-order chi connectivity index (χ1) is 7.08. The second-order valence-electron chi connectivity index (χ2n) is 3.22. The predicted octanol–water partition coefficient (Wildman–Crippen LogP) is 1.08. The zero-order valence-electron chi connectivity index (χ0n) is 8.28. The van der Waals surface area contributed by atoms with Crippen molar-refractivity contribution in [1.82, 2.24) is 19.7 Å². The number of nitrogens with zero attached hydrogens (tertiary/aromatic N) is 3. The molecule has 0 aromatic carbocycles. The van der Waals surface area contributed by atoms with Crippen molar-refractivity contribution in [2.45, 2.75) is 6.92 Å². The molecule has 0 spiro atoms. The van der Waals surface area contributed by atoms with E-state index < -0.39 is 0 Å². The molecule has 0 amide bonds. The number of hydrogen-bond acceptors (Lipinski definition) is 3. The van der Waals surface area contributed by atoms with Crippen LogP contribution in [0, 0.1) is 10.5 Å². The van der Waals surface area contributed by atoms with Gasteiger partial charge in [-0.25, -0.2) is 4.98 Å². The van der Waals surface area contributed by atoms with Gasteiger partial charge in [-0.1, -0.05) is 0 Å². The van der Waals surface area contributed by atoms with Crippen LogP contribution < -0.4 is 5.56 Å². The molecule has 0 saturated heterocycles. The molecule has 78 valence electrons. The fraction of sp³-hybridized carbons (Fsp3) is 0.222. The maximum atomic E-state index is 11.5. The van der Waals surface area contributed by atoms with E-state index in [1.807, 2.05) is 42.8 Å². The summed E-state index contributed by atoms with van der Waals surface area (Å²) in [5.41, 5.74) is 1.44. The highest BCUT2D eigenvalue weighted by Gasteiger charge is 2.07. The number of hydrogen-bond donors (Lipinski definition) is 1. The molecule has 0 saturated carbocycles. The lowest BCUT2D eigenvalue weighted by molar-refractivity contribution is 0.768. The Bertz CT molecular complexity index is 557. The van der Waals surface area contributed by atoms with Crippen molar-refractivity contribution in [2.75, 3.05) is 0 Å². The zero-order chi connectivity index (χ0) is 11.0. The Labute approximate surface area is 99.7 Å². The minimum absolute atomic E-state index is 0.109. The molecule has 0 unspecified atom stereocenters. The Hall–Kier alpha value is -1.18. The first-order valence-corrected chi connectivity index (χ1v) is 5.41. The lowest BCUT2D eigenvalue weighted by Gasteiger charge is -2.00. The average Bonchev–Trinajstić information content (AvgIpc) is 2.60. The highest BCUT2D eigenvalue weighted by Crippen LogP contribution is 2.13. The number of H-pyrrole nitrogens is 1. The maximum Gasteiger partial charge on any atom is 0.264 e. The molecule has 0 aliphatic carbocycles. The summed E-state index contributed by atoms with van der Waals surface area (Å²) in [6, 6.07) is 0. The monoisotopic (exact) mass is 316 g/mol. The second-order valence-corrected chi connectivity index (χ2v) is 4.30. The van der Waals surface area contributed by atoms with Gasteiger partial charge in [0.05, 0.1) is 21.0 Å². The molecule has 2 aromatic heterocycles. The van der Waals surface area contributed by atoms with Crippen LogP contribution in [-0.4, -0.2) is 19.7 Å². The third-order valence-corrected chi connectivity index (χ3v) is 3.28. The zero-order valence-corrected chi connectivity index (χ0v) is 10.4. The van der Waals surface area contributed by atoms with Crippen molar-refractivity contribution in [3.8, 4) is 11.4 Å². The standard InChI is InChI=1S/C9H9IN4O/c1-5-7(10)9(15)13-8(12-5)6-3-11-14(2)4-6/h3-4H,1-2H3,(H,12,13,15). The van der Waals surface area contributed by atoms with Crippen molar-refractivity contribution in [2.24, 2.45) is 7.05 Å². The summed E-state index contributed by atoms with van der Waals surface area (Å²) < 4.78 is 2.29. The molecule has 2 heterocycles. The van der Waals surface area contributed by atoms with Crippen LogP contribution in [0.2, 0.25) is 0 Å². The van der Waals surface area contributed by atoms with Crippen molar-refractivity contribution in [1.29, 1.82) is 0 Å². The molecule has 6 heteroatoms. The van der Waals surface area contributed by atoms with Gasteiger partial charge in [0, 0.05) is 13.2 Å². The summed E-state index contributed by atoms with van der Waals surface area (Å²) in [5.74, 6) is 0.561. The first-order valence-electron chi connectivity index (χ1n) is 4.33. The Morgan fingerprint density at radius 3 is 2.80 bits per heavy atom. The third kappa shape index (κ3) is 1.94. The van der Waals surface area contributed by atoms with Gasteiger partial charge in [0.1, 0.15) is 5.82 Å². The second kappa shape index (κ2) is 3.76. The topological polar surface area (TPSA) is 63.6 Å². The van der Waals surface area contributed by atoms with Crippen LogP contribution in [0.25, 0.3) is 11.4 Å². The molecule has 15 heavy (non-hydrogen) atoms. The fourth-order valence-corrected chi connectivity index (χ4v) is 1.51. The van der Waals surface area contributed by atoms with Gasteiger partial charge in [-0.15, -0.1) is 0 Å². The molecular weight excluding hydrogens is 307 g/mol. The minimum atomic E-state index is -0.109. The van der Waals surface area contributed by atoms with Crippen LogP contribution in [-0.2, 0) is 7.05 Å². The van der Waals surface area contributed by atoms with E-state index in [0.717, 1.165) is 11.3 Å². The number of rotatable bonds is 1. The largest absolute Gasteiger partial charge is 0.306 e. The van der Waals surface area contributed by atoms with Crippen molar-refractivity contribution in [3.63, 3.8) is 0 Å². The van der Waals surface area contributed by atoms with Crippen LogP contribution in [0.4, 0.5) is 0 Å². The van der Waals surface area contributed by atoms with E-state index in [2.05, 4.69) is 15.1 Å². The quantitative estimate of drug-likeness (QED) is 0.801. The highest BCUT2D eigenvalue weighted by atomic mass is 127. The van der Waals surface area contributed by atoms with E-state index in [-0.39, 0.29) is 5.56 Å². The van der Waals surface area contributed by atoms with E-state index in [1.54, 1.807) is 10.9 Å². The summed E-state index contributed by atoms with van der Waals surface area (Å²) in [4.78, 5) is 18.5. The van der Waals surface area contributed by atoms with Gasteiger partial charge in [0.15, 0.2) is 0 Å². The van der Waals surface area contributed by atoms with Gasteiger partial charge in [0.25, 0.3) is 5.56 Å². The third-order valence-electron chi connectivity index (χ3n) is 2.01. The predicted molar refractivity (Wildman–Crippen MR) is 64.5 cm³/mol. The molecule has 0 fully saturated rings. The molecule has 0 aliphatic heterocycles. The smallest absolute Gasteiger partial charge is 0.264 e. The van der Waals surface area contributed by atoms with Gasteiger partial charge in [-0.2, -0.15) is 5.10 Å². The summed E-state index contributed by atoms with van der Waals surface area (Å²) in [7, 11) is 1.82. The Balaban J connectivity index is 2.60. The van der Waals surface area contributed by atoms with E-state index in [9.17, 15) is 4.79 Å². The number of aromatic nitrogens is 4. The SMILES string of the molecule is Cc1nc(-c2cnn(C)c2)[nH]c(=O)c1I. The summed E-state index contributed by atoms with van der Waals surface area (Å²) >= 11 is 1.98. The van der Waals surface area contributed by atoms with E-state index >= 15 is 0 Å².